The first-order valence-electron chi connectivity index (χ1n) is 11.9. The monoisotopic (exact) mass is 527 g/mol. The lowest BCUT2D eigenvalue weighted by Gasteiger charge is -2.31. The molecular formula is C26H30F5N3O3. The summed E-state index contributed by atoms with van der Waals surface area (Å²) < 4.78 is 69.4. The number of rotatable bonds is 9. The Morgan fingerprint density at radius 1 is 0.973 bits per heavy atom. The third kappa shape index (κ3) is 6.64. The minimum atomic E-state index is -1.59. The summed E-state index contributed by atoms with van der Waals surface area (Å²) in [6.45, 7) is 6.26. The Labute approximate surface area is 211 Å². The molecule has 1 heterocycles. The largest absolute Gasteiger partial charge is 0.480 e. The Hall–Kier alpha value is -3.05. The van der Waals surface area contributed by atoms with Crippen molar-refractivity contribution in [3.05, 3.63) is 70.5 Å². The molecule has 1 fully saturated rings. The number of carboxylic acids is 1. The van der Waals surface area contributed by atoms with E-state index in [0.29, 0.717) is 0 Å². The van der Waals surface area contributed by atoms with Crippen molar-refractivity contribution in [2.24, 2.45) is 5.92 Å². The summed E-state index contributed by atoms with van der Waals surface area (Å²) in [4.78, 5) is 26.6. The van der Waals surface area contributed by atoms with E-state index in [1.54, 1.807) is 0 Å². The highest BCUT2D eigenvalue weighted by Gasteiger charge is 2.43. The number of aliphatic carboxylic acids is 1. The molecule has 0 spiro atoms. The van der Waals surface area contributed by atoms with E-state index >= 15 is 0 Å². The molecule has 37 heavy (non-hydrogen) atoms. The summed E-state index contributed by atoms with van der Waals surface area (Å²) in [5.41, 5.74) is -0.564. The van der Waals surface area contributed by atoms with Crippen LogP contribution in [0.5, 0.6) is 0 Å². The molecule has 1 aliphatic heterocycles. The second-order valence-corrected chi connectivity index (χ2v) is 10.1. The van der Waals surface area contributed by atoms with Crippen molar-refractivity contribution in [1.29, 1.82) is 0 Å². The van der Waals surface area contributed by atoms with Crippen molar-refractivity contribution >= 4 is 11.9 Å². The number of hydrogen-bond donors (Lipinski definition) is 3. The maximum Gasteiger partial charge on any atom is 0.321 e. The highest BCUT2D eigenvalue weighted by Crippen LogP contribution is 2.38. The van der Waals surface area contributed by atoms with E-state index in [9.17, 15) is 36.6 Å². The van der Waals surface area contributed by atoms with Gasteiger partial charge in [0.2, 0.25) is 5.91 Å². The number of nitrogens with zero attached hydrogens (tertiary/aromatic N) is 1. The molecule has 2 aromatic carbocycles. The van der Waals surface area contributed by atoms with Crippen LogP contribution in [-0.4, -0.2) is 59.6 Å². The molecule has 3 N–H and O–H groups in total. The van der Waals surface area contributed by atoms with Crippen molar-refractivity contribution in [3.63, 3.8) is 0 Å². The zero-order valence-corrected chi connectivity index (χ0v) is 20.8. The summed E-state index contributed by atoms with van der Waals surface area (Å²) in [5, 5.41) is 14.8. The second kappa shape index (κ2) is 11.6. The SMILES string of the molecule is CC(C)(C)N1C[C@@H](C(=O)NCCN[C@@H](Cc2cccc(F)c2F)C(=O)O)[C@H](c2ccc(F)c(F)c2F)C1. The number of nitrogens with one attached hydrogen (secondary N) is 2. The van der Waals surface area contributed by atoms with E-state index in [1.165, 1.54) is 12.1 Å². The van der Waals surface area contributed by atoms with E-state index < -0.39 is 58.8 Å². The van der Waals surface area contributed by atoms with Gasteiger partial charge < -0.3 is 15.7 Å². The molecule has 0 bridgehead atoms. The van der Waals surface area contributed by atoms with Gasteiger partial charge in [-0.1, -0.05) is 18.2 Å². The molecule has 0 radical (unpaired) electrons. The maximum absolute atomic E-state index is 14.6. The number of carbonyl (C=O) groups is 2. The van der Waals surface area contributed by atoms with E-state index in [4.69, 9.17) is 0 Å². The van der Waals surface area contributed by atoms with E-state index in [1.807, 2.05) is 25.7 Å². The van der Waals surface area contributed by atoms with Crippen LogP contribution in [0.25, 0.3) is 0 Å². The van der Waals surface area contributed by atoms with Crippen LogP contribution in [-0.2, 0) is 16.0 Å². The summed E-state index contributed by atoms with van der Waals surface area (Å²) in [6.07, 6.45) is -0.312. The predicted molar refractivity (Wildman–Crippen MR) is 126 cm³/mol. The molecule has 2 aromatic rings. The van der Waals surface area contributed by atoms with Crippen LogP contribution in [0.2, 0.25) is 0 Å². The lowest BCUT2D eigenvalue weighted by Crippen LogP contribution is -2.44. The Bertz CT molecular complexity index is 1160. The van der Waals surface area contributed by atoms with Gasteiger partial charge in [-0.15, -0.1) is 0 Å². The molecule has 11 heteroatoms. The summed E-state index contributed by atoms with van der Waals surface area (Å²) >= 11 is 0. The molecule has 6 nitrogen and oxygen atoms in total. The number of likely N-dealkylation sites (tertiary alicyclic amines) is 1. The summed E-state index contributed by atoms with van der Waals surface area (Å²) in [6, 6.07) is 4.24. The lowest BCUT2D eigenvalue weighted by molar-refractivity contribution is -0.139. The van der Waals surface area contributed by atoms with Crippen molar-refractivity contribution in [2.75, 3.05) is 26.2 Å². The van der Waals surface area contributed by atoms with Gasteiger partial charge in [-0.25, -0.2) is 22.0 Å². The third-order valence-corrected chi connectivity index (χ3v) is 6.64. The van der Waals surface area contributed by atoms with Gasteiger partial charge in [0.1, 0.15) is 6.04 Å². The Kier molecular flexibility index (Phi) is 8.91. The molecule has 1 amide bonds. The fourth-order valence-electron chi connectivity index (χ4n) is 4.50. The van der Waals surface area contributed by atoms with E-state index in [0.717, 1.165) is 18.2 Å². The highest BCUT2D eigenvalue weighted by atomic mass is 19.2. The number of carboxylic acid groups (broad SMARTS) is 1. The zero-order valence-electron chi connectivity index (χ0n) is 20.8. The highest BCUT2D eigenvalue weighted by molar-refractivity contribution is 5.80. The average Bonchev–Trinajstić information content (AvgIpc) is 3.28. The first-order chi connectivity index (χ1) is 17.3. The van der Waals surface area contributed by atoms with Crippen molar-refractivity contribution in [2.45, 2.75) is 44.7 Å². The number of benzene rings is 2. The van der Waals surface area contributed by atoms with Gasteiger partial charge in [0.15, 0.2) is 29.1 Å². The van der Waals surface area contributed by atoms with Gasteiger partial charge >= 0.3 is 5.97 Å². The van der Waals surface area contributed by atoms with Crippen LogP contribution in [0.15, 0.2) is 30.3 Å². The van der Waals surface area contributed by atoms with Gasteiger partial charge in [-0.2, -0.15) is 0 Å². The second-order valence-electron chi connectivity index (χ2n) is 10.1. The molecule has 3 atom stereocenters. The quantitative estimate of drug-likeness (QED) is 0.264. The Morgan fingerprint density at radius 3 is 2.30 bits per heavy atom. The third-order valence-electron chi connectivity index (χ3n) is 6.64. The summed E-state index contributed by atoms with van der Waals surface area (Å²) in [7, 11) is 0. The van der Waals surface area contributed by atoms with E-state index in [-0.39, 0.29) is 49.3 Å². The van der Waals surface area contributed by atoms with Gasteiger partial charge in [0.05, 0.1) is 5.92 Å². The van der Waals surface area contributed by atoms with Gasteiger partial charge in [-0.05, 0) is 44.0 Å². The molecule has 202 valence electrons. The normalized spacial score (nSPS) is 19.1. The van der Waals surface area contributed by atoms with Crippen LogP contribution in [0.3, 0.4) is 0 Å². The fraction of sp³-hybridized carbons (Fsp3) is 0.462. The first-order valence-corrected chi connectivity index (χ1v) is 11.9. The molecular weight excluding hydrogens is 497 g/mol. The minimum Gasteiger partial charge on any atom is -0.480 e. The number of carbonyl (C=O) groups excluding carboxylic acids is 1. The summed E-state index contributed by atoms with van der Waals surface area (Å²) in [5.74, 6) is -9.67. The Balaban J connectivity index is 1.66. The van der Waals surface area contributed by atoms with E-state index in [2.05, 4.69) is 10.6 Å². The smallest absolute Gasteiger partial charge is 0.321 e. The Morgan fingerprint density at radius 2 is 1.65 bits per heavy atom. The molecule has 3 rings (SSSR count). The zero-order chi connectivity index (χ0) is 27.5. The minimum absolute atomic E-state index is 0.000446. The standard InChI is InChI=1S/C26H30F5N3O3/c1-26(2,3)34-12-16(15-7-8-19(28)23(31)22(15)30)17(13-34)24(35)33-10-9-32-20(25(36)37)11-14-5-4-6-18(27)21(14)29/h4-8,16-17,20,32H,9-13H2,1-3H3,(H,33,35)(H,36,37)/t16-,17+,20-/m0/s1. The number of halogens is 5. The van der Waals surface area contributed by atoms with Crippen LogP contribution < -0.4 is 10.6 Å². The van der Waals surface area contributed by atoms with Crippen molar-refractivity contribution < 1.29 is 36.6 Å². The lowest BCUT2D eigenvalue weighted by atomic mass is 9.87. The molecule has 0 unspecified atom stereocenters. The first kappa shape index (κ1) is 28.5. The van der Waals surface area contributed by atoms with Gasteiger partial charge in [0, 0.05) is 44.1 Å². The predicted octanol–water partition coefficient (Wildman–Crippen LogP) is 3.60. The maximum atomic E-state index is 14.6. The van der Waals surface area contributed by atoms with Crippen LogP contribution in [0, 0.1) is 35.0 Å². The molecule has 0 saturated carbocycles. The fourth-order valence-corrected chi connectivity index (χ4v) is 4.50. The molecule has 0 aliphatic carbocycles. The number of amides is 1. The van der Waals surface area contributed by atoms with Crippen LogP contribution in [0.4, 0.5) is 22.0 Å². The topological polar surface area (TPSA) is 81.7 Å². The molecule has 1 saturated heterocycles. The average molecular weight is 528 g/mol. The van der Waals surface area contributed by atoms with Crippen LogP contribution >= 0.6 is 0 Å². The van der Waals surface area contributed by atoms with Crippen LogP contribution in [0.1, 0.15) is 37.8 Å². The molecule has 1 aliphatic rings. The van der Waals surface area contributed by atoms with Crippen molar-refractivity contribution in [3.8, 4) is 0 Å². The van der Waals surface area contributed by atoms with Gasteiger partial charge in [-0.3, -0.25) is 14.5 Å². The van der Waals surface area contributed by atoms with Gasteiger partial charge in [0.25, 0.3) is 0 Å². The molecule has 0 aromatic heterocycles. The van der Waals surface area contributed by atoms with Crippen molar-refractivity contribution in [1.82, 2.24) is 15.5 Å². The number of hydrogen-bond acceptors (Lipinski definition) is 4.